The second-order valence-electron chi connectivity index (χ2n) is 4.85. The van der Waals surface area contributed by atoms with Crippen molar-refractivity contribution in [3.8, 4) is 6.07 Å². The molecule has 1 aromatic carbocycles. The molecule has 3 N–H and O–H groups in total. The molecule has 2 rings (SSSR count). The Morgan fingerprint density at radius 3 is 2.95 bits per heavy atom. The van der Waals surface area contributed by atoms with Crippen molar-refractivity contribution in [2.75, 3.05) is 13.1 Å². The predicted octanol–water partition coefficient (Wildman–Crippen LogP) is 0.685. The first-order valence-corrected chi connectivity index (χ1v) is 5.88. The van der Waals surface area contributed by atoms with E-state index in [1.165, 1.54) is 12.1 Å². The van der Waals surface area contributed by atoms with Crippen LogP contribution in [0.15, 0.2) is 18.2 Å². The number of carboxylic acid groups (broad SMARTS) is 1. The van der Waals surface area contributed by atoms with Crippen molar-refractivity contribution < 1.29 is 14.3 Å². The third kappa shape index (κ3) is 2.72. The number of nitrogens with zero attached hydrogens (tertiary/aromatic N) is 2. The lowest BCUT2D eigenvalue weighted by molar-refractivity contribution is -0.142. The SMILES string of the molecule is N#Cc1cc(CN2CCC(N)(C(=O)O)C2)ccc1F. The van der Waals surface area contributed by atoms with Crippen molar-refractivity contribution in [1.29, 1.82) is 5.26 Å². The number of benzene rings is 1. The summed E-state index contributed by atoms with van der Waals surface area (Å²) in [5.74, 6) is -1.56. The highest BCUT2D eigenvalue weighted by Gasteiger charge is 2.41. The third-order valence-electron chi connectivity index (χ3n) is 3.36. The Morgan fingerprint density at radius 2 is 2.37 bits per heavy atom. The molecule has 1 aliphatic heterocycles. The van der Waals surface area contributed by atoms with Crippen LogP contribution in [-0.2, 0) is 11.3 Å². The first kappa shape index (κ1) is 13.5. The molecule has 19 heavy (non-hydrogen) atoms. The zero-order chi connectivity index (χ0) is 14.0. The average molecular weight is 263 g/mol. The van der Waals surface area contributed by atoms with E-state index in [9.17, 15) is 9.18 Å². The van der Waals surface area contributed by atoms with Gasteiger partial charge in [-0.15, -0.1) is 0 Å². The van der Waals surface area contributed by atoms with Gasteiger partial charge in [0.2, 0.25) is 0 Å². The largest absolute Gasteiger partial charge is 0.480 e. The lowest BCUT2D eigenvalue weighted by Crippen LogP contribution is -2.50. The Balaban J connectivity index is 2.08. The van der Waals surface area contributed by atoms with E-state index >= 15 is 0 Å². The normalized spacial score (nSPS) is 23.2. The summed E-state index contributed by atoms with van der Waals surface area (Å²) in [6.07, 6.45) is 0.384. The smallest absolute Gasteiger partial charge is 0.325 e. The lowest BCUT2D eigenvalue weighted by atomic mass is 10.0. The number of carbonyl (C=O) groups is 1. The minimum atomic E-state index is -1.21. The predicted molar refractivity (Wildman–Crippen MR) is 65.6 cm³/mol. The molecule has 0 saturated carbocycles. The summed E-state index contributed by atoms with van der Waals surface area (Å²) in [7, 11) is 0. The molecule has 1 unspecified atom stereocenters. The van der Waals surface area contributed by atoms with Crippen LogP contribution in [0.25, 0.3) is 0 Å². The van der Waals surface area contributed by atoms with E-state index in [4.69, 9.17) is 16.1 Å². The highest BCUT2D eigenvalue weighted by Crippen LogP contribution is 2.21. The van der Waals surface area contributed by atoms with Crippen molar-refractivity contribution in [2.45, 2.75) is 18.5 Å². The van der Waals surface area contributed by atoms with Crippen LogP contribution in [0.1, 0.15) is 17.5 Å². The highest BCUT2D eigenvalue weighted by atomic mass is 19.1. The second kappa shape index (κ2) is 4.96. The monoisotopic (exact) mass is 263 g/mol. The molecule has 1 fully saturated rings. The van der Waals surface area contributed by atoms with Crippen LogP contribution >= 0.6 is 0 Å². The Bertz CT molecular complexity index is 555. The van der Waals surface area contributed by atoms with Crippen LogP contribution in [0.5, 0.6) is 0 Å². The van der Waals surface area contributed by atoms with Gasteiger partial charge in [0.05, 0.1) is 5.56 Å². The van der Waals surface area contributed by atoms with E-state index in [0.29, 0.717) is 19.5 Å². The zero-order valence-electron chi connectivity index (χ0n) is 10.3. The molecule has 0 amide bonds. The van der Waals surface area contributed by atoms with Crippen molar-refractivity contribution in [2.24, 2.45) is 5.73 Å². The molecule has 0 radical (unpaired) electrons. The molecular weight excluding hydrogens is 249 g/mol. The van der Waals surface area contributed by atoms with E-state index in [0.717, 1.165) is 5.56 Å². The summed E-state index contributed by atoms with van der Waals surface area (Å²) in [5.41, 5.74) is 5.33. The summed E-state index contributed by atoms with van der Waals surface area (Å²) in [4.78, 5) is 12.9. The van der Waals surface area contributed by atoms with E-state index in [1.54, 1.807) is 12.1 Å². The van der Waals surface area contributed by atoms with E-state index in [2.05, 4.69) is 0 Å². The summed E-state index contributed by atoms with van der Waals surface area (Å²) >= 11 is 0. The van der Waals surface area contributed by atoms with E-state index < -0.39 is 17.3 Å². The molecule has 0 aliphatic carbocycles. The molecule has 1 saturated heterocycles. The second-order valence-corrected chi connectivity index (χ2v) is 4.85. The maximum Gasteiger partial charge on any atom is 0.325 e. The van der Waals surface area contributed by atoms with Gasteiger partial charge < -0.3 is 10.8 Å². The van der Waals surface area contributed by atoms with Crippen molar-refractivity contribution in [3.05, 3.63) is 35.1 Å². The van der Waals surface area contributed by atoms with Crippen molar-refractivity contribution in [3.63, 3.8) is 0 Å². The average Bonchev–Trinajstić information content (AvgIpc) is 2.75. The summed E-state index contributed by atoms with van der Waals surface area (Å²) in [5, 5.41) is 17.8. The number of nitriles is 1. The van der Waals surface area contributed by atoms with Gasteiger partial charge in [-0.1, -0.05) is 6.07 Å². The van der Waals surface area contributed by atoms with E-state index in [1.807, 2.05) is 4.90 Å². The Hall–Kier alpha value is -1.97. The Kier molecular flexibility index (Phi) is 3.51. The van der Waals surface area contributed by atoms with Crippen molar-refractivity contribution in [1.82, 2.24) is 4.90 Å². The van der Waals surface area contributed by atoms with Crippen LogP contribution in [-0.4, -0.2) is 34.6 Å². The van der Waals surface area contributed by atoms with Crippen molar-refractivity contribution >= 4 is 5.97 Å². The van der Waals surface area contributed by atoms with Crippen LogP contribution in [0.3, 0.4) is 0 Å². The first-order chi connectivity index (χ1) is 8.94. The topological polar surface area (TPSA) is 90.4 Å². The molecule has 1 aromatic rings. The van der Waals surface area contributed by atoms with E-state index in [-0.39, 0.29) is 12.1 Å². The fourth-order valence-corrected chi connectivity index (χ4v) is 2.24. The standard InChI is InChI=1S/C13H14FN3O2/c14-11-2-1-9(5-10(11)6-15)7-17-4-3-13(16,8-17)12(18)19/h1-2,5H,3-4,7-8,16H2,(H,18,19). The van der Waals surface area contributed by atoms with Crippen LogP contribution in [0.2, 0.25) is 0 Å². The Labute approximate surface area is 110 Å². The minimum absolute atomic E-state index is 0.00561. The lowest BCUT2D eigenvalue weighted by Gasteiger charge is -2.20. The van der Waals surface area contributed by atoms with Gasteiger partial charge in [0.25, 0.3) is 0 Å². The number of rotatable bonds is 3. The number of halogens is 1. The zero-order valence-corrected chi connectivity index (χ0v) is 10.3. The summed E-state index contributed by atoms with van der Waals surface area (Å²) in [6.45, 7) is 1.28. The maximum absolute atomic E-state index is 13.2. The first-order valence-electron chi connectivity index (χ1n) is 5.88. The van der Waals surface area contributed by atoms with Crippen LogP contribution in [0.4, 0.5) is 4.39 Å². The highest BCUT2D eigenvalue weighted by molar-refractivity contribution is 5.79. The molecule has 1 atom stereocenters. The fraction of sp³-hybridized carbons (Fsp3) is 0.385. The van der Waals surface area contributed by atoms with Gasteiger partial charge in [0.1, 0.15) is 17.4 Å². The Morgan fingerprint density at radius 1 is 1.63 bits per heavy atom. The fourth-order valence-electron chi connectivity index (χ4n) is 2.24. The third-order valence-corrected chi connectivity index (χ3v) is 3.36. The number of nitrogens with two attached hydrogens (primary N) is 1. The summed E-state index contributed by atoms with van der Waals surface area (Å²) < 4.78 is 13.2. The molecule has 0 bridgehead atoms. The molecule has 0 spiro atoms. The number of likely N-dealkylation sites (tertiary alicyclic amines) is 1. The molecular formula is C13H14FN3O2. The van der Waals surface area contributed by atoms with Gasteiger partial charge >= 0.3 is 5.97 Å². The number of hydrogen-bond donors (Lipinski definition) is 2. The number of hydrogen-bond acceptors (Lipinski definition) is 4. The van der Waals surface area contributed by atoms with Crippen LogP contribution < -0.4 is 5.73 Å². The molecule has 6 heteroatoms. The van der Waals surface area contributed by atoms with Gasteiger partial charge in [-0.05, 0) is 24.1 Å². The van der Waals surface area contributed by atoms with Gasteiger partial charge in [0, 0.05) is 19.6 Å². The van der Waals surface area contributed by atoms with Gasteiger partial charge in [0.15, 0.2) is 0 Å². The maximum atomic E-state index is 13.2. The molecule has 1 aliphatic rings. The molecule has 5 nitrogen and oxygen atoms in total. The molecule has 1 heterocycles. The van der Waals surface area contributed by atoms with Gasteiger partial charge in [-0.3, -0.25) is 9.69 Å². The number of aliphatic carboxylic acids is 1. The van der Waals surface area contributed by atoms with Crippen LogP contribution in [0, 0.1) is 17.1 Å². The summed E-state index contributed by atoms with van der Waals surface area (Å²) in [6, 6.07) is 6.10. The van der Waals surface area contributed by atoms with Gasteiger partial charge in [-0.25, -0.2) is 4.39 Å². The molecule has 100 valence electrons. The quantitative estimate of drug-likeness (QED) is 0.837. The van der Waals surface area contributed by atoms with Gasteiger partial charge in [-0.2, -0.15) is 5.26 Å². The minimum Gasteiger partial charge on any atom is -0.480 e. The molecule has 0 aromatic heterocycles. The number of carboxylic acids is 1.